The Morgan fingerprint density at radius 1 is 0.889 bits per heavy atom. The van der Waals surface area contributed by atoms with Gasteiger partial charge in [0.05, 0.1) is 0 Å². The summed E-state index contributed by atoms with van der Waals surface area (Å²) in [7, 11) is 0. The molecule has 1 aliphatic rings. The summed E-state index contributed by atoms with van der Waals surface area (Å²) in [6, 6.07) is 23.9. The van der Waals surface area contributed by atoms with Crippen molar-refractivity contribution in [2.24, 2.45) is 0 Å². The summed E-state index contributed by atoms with van der Waals surface area (Å²) in [6.07, 6.45) is 0. The molecule has 2 amide bonds. The number of halogens is 1. The minimum absolute atomic E-state index is 0.0177. The van der Waals surface area contributed by atoms with Gasteiger partial charge in [0.1, 0.15) is 5.58 Å². The lowest BCUT2D eigenvalue weighted by atomic mass is 10.1. The largest absolute Gasteiger partial charge is 0.451 e. The monoisotopic (exact) mass is 518 g/mol. The lowest BCUT2D eigenvalue weighted by molar-refractivity contribution is 0.0746. The Kier molecular flexibility index (Phi) is 6.88. The molecule has 7 nitrogen and oxygen atoms in total. The summed E-state index contributed by atoms with van der Waals surface area (Å²) in [6.45, 7) is 2.74. The number of nitrogens with one attached hydrogen (secondary N) is 2. The molecule has 0 aliphatic carbocycles. The van der Waals surface area contributed by atoms with E-state index in [2.05, 4.69) is 15.5 Å². The van der Waals surface area contributed by atoms with Crippen LogP contribution in [-0.4, -0.2) is 48.0 Å². The van der Waals surface area contributed by atoms with E-state index in [0.29, 0.717) is 29.3 Å². The van der Waals surface area contributed by atoms with Crippen molar-refractivity contribution in [3.63, 3.8) is 0 Å². The van der Waals surface area contributed by atoms with Crippen molar-refractivity contribution in [1.29, 1.82) is 0 Å². The van der Waals surface area contributed by atoms with Crippen LogP contribution in [0.4, 0.5) is 11.4 Å². The number of anilines is 2. The molecule has 4 aromatic rings. The first-order valence-corrected chi connectivity index (χ1v) is 12.3. The molecule has 0 unspecified atom stereocenters. The van der Waals surface area contributed by atoms with Crippen LogP contribution in [0.15, 0.2) is 83.3 Å². The molecule has 1 aromatic heterocycles. The van der Waals surface area contributed by atoms with Gasteiger partial charge in [0.25, 0.3) is 11.8 Å². The van der Waals surface area contributed by atoms with E-state index in [1.54, 1.807) is 30.3 Å². The highest BCUT2D eigenvalue weighted by Crippen LogP contribution is 2.21. The van der Waals surface area contributed by atoms with Crippen LogP contribution >= 0.6 is 23.8 Å². The normalized spacial score (nSPS) is 13.5. The van der Waals surface area contributed by atoms with Crippen LogP contribution < -0.4 is 15.5 Å². The zero-order chi connectivity index (χ0) is 25.1. The van der Waals surface area contributed by atoms with Crippen molar-refractivity contribution in [3.8, 4) is 0 Å². The number of furan rings is 1. The first-order valence-electron chi connectivity index (χ1n) is 11.5. The molecule has 0 atom stereocenters. The summed E-state index contributed by atoms with van der Waals surface area (Å²) in [5.41, 5.74) is 3.10. The number of piperazine rings is 1. The molecule has 9 heteroatoms. The van der Waals surface area contributed by atoms with Gasteiger partial charge in [0, 0.05) is 53.5 Å². The van der Waals surface area contributed by atoms with Gasteiger partial charge in [-0.1, -0.05) is 29.8 Å². The van der Waals surface area contributed by atoms with Crippen molar-refractivity contribution >= 4 is 63.1 Å². The average molecular weight is 519 g/mol. The summed E-state index contributed by atoms with van der Waals surface area (Å²) in [5, 5.41) is 7.33. The molecule has 5 rings (SSSR count). The molecule has 1 saturated heterocycles. The quantitative estimate of drug-likeness (QED) is 0.363. The summed E-state index contributed by atoms with van der Waals surface area (Å²) in [5.74, 6) is -0.195. The van der Waals surface area contributed by atoms with Gasteiger partial charge < -0.3 is 19.5 Å². The minimum atomic E-state index is -0.411. The Hall–Kier alpha value is -3.88. The second-order valence-corrected chi connectivity index (χ2v) is 9.23. The van der Waals surface area contributed by atoms with Gasteiger partial charge in [-0.15, -0.1) is 0 Å². The first-order chi connectivity index (χ1) is 17.5. The topological polar surface area (TPSA) is 77.8 Å². The van der Waals surface area contributed by atoms with Crippen LogP contribution in [0.5, 0.6) is 0 Å². The second kappa shape index (κ2) is 10.4. The van der Waals surface area contributed by atoms with Crippen LogP contribution in [0.25, 0.3) is 11.0 Å². The number of para-hydroxylation sites is 1. The third kappa shape index (κ3) is 5.35. The molecule has 0 bridgehead atoms. The molecular formula is C27H23ClN4O3S. The number of thiocarbonyl (C=S) groups is 1. The van der Waals surface area contributed by atoms with Crippen molar-refractivity contribution in [2.45, 2.75) is 0 Å². The van der Waals surface area contributed by atoms with E-state index in [-0.39, 0.29) is 16.8 Å². The number of nitrogens with zero attached hydrogens (tertiary/aromatic N) is 2. The lowest BCUT2D eigenvalue weighted by Crippen LogP contribution is -2.48. The van der Waals surface area contributed by atoms with Crippen molar-refractivity contribution in [2.75, 3.05) is 36.4 Å². The number of rotatable bonds is 4. The molecule has 2 heterocycles. The van der Waals surface area contributed by atoms with Crippen LogP contribution in [0.2, 0.25) is 5.02 Å². The van der Waals surface area contributed by atoms with Crippen molar-refractivity contribution in [3.05, 3.63) is 95.2 Å². The Bertz CT molecular complexity index is 1380. The highest BCUT2D eigenvalue weighted by Gasteiger charge is 2.22. The van der Waals surface area contributed by atoms with E-state index in [0.717, 1.165) is 29.9 Å². The Labute approximate surface area is 218 Å². The number of hydrogen-bond acceptors (Lipinski definition) is 5. The number of hydrogen-bond donors (Lipinski definition) is 2. The van der Waals surface area contributed by atoms with E-state index in [1.807, 2.05) is 53.4 Å². The minimum Gasteiger partial charge on any atom is -0.451 e. The fourth-order valence-corrected chi connectivity index (χ4v) is 4.46. The van der Waals surface area contributed by atoms with Gasteiger partial charge >= 0.3 is 0 Å². The van der Waals surface area contributed by atoms with Gasteiger partial charge in [-0.25, -0.2) is 0 Å². The zero-order valence-electron chi connectivity index (χ0n) is 19.2. The van der Waals surface area contributed by atoms with E-state index in [9.17, 15) is 9.59 Å². The molecule has 3 aromatic carbocycles. The highest BCUT2D eigenvalue weighted by atomic mass is 35.5. The number of benzene rings is 3. The number of amides is 2. The van der Waals surface area contributed by atoms with Gasteiger partial charge in [-0.3, -0.25) is 14.9 Å². The number of carbonyl (C=O) groups excluding carboxylic acids is 2. The molecule has 182 valence electrons. The predicted octanol–water partition coefficient (Wildman–Crippen LogP) is 5.18. The number of fused-ring (bicyclic) bond motifs is 1. The molecular weight excluding hydrogens is 496 g/mol. The second-order valence-electron chi connectivity index (χ2n) is 8.39. The van der Waals surface area contributed by atoms with Gasteiger partial charge in [0.15, 0.2) is 10.9 Å². The Morgan fingerprint density at radius 2 is 1.58 bits per heavy atom. The smallest absolute Gasteiger partial charge is 0.293 e. The summed E-state index contributed by atoms with van der Waals surface area (Å²) < 4.78 is 5.58. The Balaban J connectivity index is 1.13. The van der Waals surface area contributed by atoms with Gasteiger partial charge in [-0.05, 0) is 72.9 Å². The molecule has 1 aliphatic heterocycles. The maximum atomic E-state index is 12.7. The Morgan fingerprint density at radius 3 is 2.28 bits per heavy atom. The van der Waals surface area contributed by atoms with Crippen molar-refractivity contribution < 1.29 is 14.0 Å². The van der Waals surface area contributed by atoms with Gasteiger partial charge in [0.2, 0.25) is 0 Å². The van der Waals surface area contributed by atoms with Crippen LogP contribution in [-0.2, 0) is 0 Å². The fourth-order valence-electron chi connectivity index (χ4n) is 4.12. The third-order valence-corrected chi connectivity index (χ3v) is 6.48. The maximum absolute atomic E-state index is 12.7. The molecule has 0 spiro atoms. The average Bonchev–Trinajstić information content (AvgIpc) is 3.34. The molecule has 1 fully saturated rings. The maximum Gasteiger partial charge on any atom is 0.293 e. The molecule has 0 radical (unpaired) electrons. The molecule has 0 saturated carbocycles. The fraction of sp³-hybridized carbons (Fsp3) is 0.148. The zero-order valence-corrected chi connectivity index (χ0v) is 20.8. The van der Waals surface area contributed by atoms with Crippen LogP contribution in [0, 0.1) is 0 Å². The number of carbonyl (C=O) groups is 2. The first kappa shape index (κ1) is 23.8. The standard InChI is InChI=1S/C27H23ClN4O3S/c28-20-7-5-18(6-8-20)26(34)32-15-13-31(14-16-32)22-11-9-21(10-12-22)29-27(36)30-25(33)24-17-19-3-1-2-4-23(19)35-24/h1-12,17H,13-16H2,(H2,29,30,33,36). The van der Waals surface area contributed by atoms with E-state index in [1.165, 1.54) is 0 Å². The summed E-state index contributed by atoms with van der Waals surface area (Å²) >= 11 is 11.2. The molecule has 36 heavy (non-hydrogen) atoms. The summed E-state index contributed by atoms with van der Waals surface area (Å²) in [4.78, 5) is 29.3. The lowest BCUT2D eigenvalue weighted by Gasteiger charge is -2.36. The van der Waals surface area contributed by atoms with Crippen LogP contribution in [0.1, 0.15) is 20.9 Å². The SMILES string of the molecule is O=C(NC(=S)Nc1ccc(N2CCN(C(=O)c3ccc(Cl)cc3)CC2)cc1)c1cc2ccccc2o1. The van der Waals surface area contributed by atoms with Crippen molar-refractivity contribution in [1.82, 2.24) is 10.2 Å². The van der Waals surface area contributed by atoms with Crippen LogP contribution in [0.3, 0.4) is 0 Å². The highest BCUT2D eigenvalue weighted by molar-refractivity contribution is 7.80. The molecule has 2 N–H and O–H groups in total. The van der Waals surface area contributed by atoms with Gasteiger partial charge in [-0.2, -0.15) is 0 Å². The van der Waals surface area contributed by atoms with E-state index >= 15 is 0 Å². The van der Waals surface area contributed by atoms with E-state index in [4.69, 9.17) is 28.2 Å². The van der Waals surface area contributed by atoms with E-state index < -0.39 is 5.91 Å². The predicted molar refractivity (Wildman–Crippen MR) is 146 cm³/mol. The third-order valence-electron chi connectivity index (χ3n) is 6.02.